The van der Waals surface area contributed by atoms with Gasteiger partial charge in [0.05, 0.1) is 13.7 Å². The number of aliphatic imine (C=N–C) groups is 1. The molecule has 7 heteroatoms. The van der Waals surface area contributed by atoms with Gasteiger partial charge in [0, 0.05) is 32.7 Å². The van der Waals surface area contributed by atoms with Gasteiger partial charge in [-0.3, -0.25) is 4.99 Å². The summed E-state index contributed by atoms with van der Waals surface area (Å²) in [5.74, 6) is 2.53. The molecular formula is C18H33IN4O2. The molecule has 0 amide bonds. The molecule has 0 aliphatic heterocycles. The normalized spacial score (nSPS) is 11.5. The second-order valence-electron chi connectivity index (χ2n) is 6.60. The highest BCUT2D eigenvalue weighted by atomic mass is 127. The Bertz CT molecular complexity index is 501. The van der Waals surface area contributed by atoms with Crippen molar-refractivity contribution >= 4 is 29.9 Å². The molecule has 6 nitrogen and oxygen atoms in total. The average Bonchev–Trinajstić information content (AvgIpc) is 2.54. The number of likely N-dealkylation sites (N-methyl/N-ethyl adjacent to an activating group) is 1. The van der Waals surface area contributed by atoms with Crippen molar-refractivity contribution in [3.63, 3.8) is 0 Å². The number of guanidine groups is 1. The fraction of sp³-hybridized carbons (Fsp3) is 0.611. The standard InChI is InChI=1S/C18H32N4O2.HI/c1-18(2,3)21-12-11-20-17(19-4)22(5)13-14-24-16-9-7-15(23-6)8-10-16;/h7-10,21H,11-14H2,1-6H3,(H,19,20);1H. The van der Waals surface area contributed by atoms with E-state index in [2.05, 4.69) is 41.3 Å². The van der Waals surface area contributed by atoms with E-state index in [1.165, 1.54) is 0 Å². The van der Waals surface area contributed by atoms with Crippen molar-refractivity contribution in [3.8, 4) is 11.5 Å². The van der Waals surface area contributed by atoms with Crippen LogP contribution in [0.5, 0.6) is 11.5 Å². The lowest BCUT2D eigenvalue weighted by Crippen LogP contribution is -2.45. The second-order valence-corrected chi connectivity index (χ2v) is 6.60. The molecule has 1 aromatic carbocycles. The minimum Gasteiger partial charge on any atom is -0.497 e. The first-order valence-corrected chi connectivity index (χ1v) is 8.29. The van der Waals surface area contributed by atoms with E-state index >= 15 is 0 Å². The summed E-state index contributed by atoms with van der Waals surface area (Å²) in [6.07, 6.45) is 0. The molecule has 0 aliphatic rings. The molecule has 144 valence electrons. The van der Waals surface area contributed by atoms with Crippen molar-refractivity contribution < 1.29 is 9.47 Å². The Labute approximate surface area is 169 Å². The first-order chi connectivity index (χ1) is 11.4. The van der Waals surface area contributed by atoms with Gasteiger partial charge in [-0.2, -0.15) is 0 Å². The Morgan fingerprint density at radius 3 is 2.24 bits per heavy atom. The van der Waals surface area contributed by atoms with E-state index < -0.39 is 0 Å². The number of rotatable bonds is 8. The van der Waals surface area contributed by atoms with Crippen LogP contribution >= 0.6 is 24.0 Å². The van der Waals surface area contributed by atoms with E-state index in [1.54, 1.807) is 14.2 Å². The molecule has 0 heterocycles. The maximum absolute atomic E-state index is 5.75. The monoisotopic (exact) mass is 464 g/mol. The summed E-state index contributed by atoms with van der Waals surface area (Å²) < 4.78 is 10.9. The maximum atomic E-state index is 5.75. The summed E-state index contributed by atoms with van der Waals surface area (Å²) in [5, 5.41) is 6.79. The van der Waals surface area contributed by atoms with Gasteiger partial charge in [0.15, 0.2) is 5.96 Å². The zero-order valence-electron chi connectivity index (χ0n) is 16.3. The molecule has 0 fully saturated rings. The van der Waals surface area contributed by atoms with Crippen molar-refractivity contribution in [1.82, 2.24) is 15.5 Å². The SMILES string of the molecule is CN=C(NCCNC(C)(C)C)N(C)CCOc1ccc(OC)cc1.I. The Morgan fingerprint density at radius 1 is 1.12 bits per heavy atom. The van der Waals surface area contributed by atoms with Crippen LogP contribution in [-0.2, 0) is 0 Å². The van der Waals surface area contributed by atoms with Crippen LogP contribution in [0.4, 0.5) is 0 Å². The minimum absolute atomic E-state index is 0. The number of nitrogens with zero attached hydrogens (tertiary/aromatic N) is 2. The summed E-state index contributed by atoms with van der Waals surface area (Å²) in [5.41, 5.74) is 0.128. The van der Waals surface area contributed by atoms with Crippen LogP contribution in [-0.4, -0.2) is 63.8 Å². The molecule has 1 aromatic rings. The molecule has 0 unspecified atom stereocenters. The van der Waals surface area contributed by atoms with Gasteiger partial charge < -0.3 is 25.0 Å². The van der Waals surface area contributed by atoms with Gasteiger partial charge in [-0.15, -0.1) is 24.0 Å². The van der Waals surface area contributed by atoms with Gasteiger partial charge >= 0.3 is 0 Å². The maximum Gasteiger partial charge on any atom is 0.193 e. The van der Waals surface area contributed by atoms with E-state index in [4.69, 9.17) is 9.47 Å². The minimum atomic E-state index is 0. The summed E-state index contributed by atoms with van der Waals surface area (Å²) in [7, 11) is 5.45. The highest BCUT2D eigenvalue weighted by molar-refractivity contribution is 14.0. The van der Waals surface area contributed by atoms with E-state index in [0.717, 1.165) is 37.1 Å². The van der Waals surface area contributed by atoms with E-state index in [-0.39, 0.29) is 29.5 Å². The van der Waals surface area contributed by atoms with Gasteiger partial charge in [-0.05, 0) is 45.0 Å². The van der Waals surface area contributed by atoms with Gasteiger partial charge in [-0.1, -0.05) is 0 Å². The van der Waals surface area contributed by atoms with Gasteiger partial charge in [0.2, 0.25) is 0 Å². The fourth-order valence-electron chi connectivity index (χ4n) is 2.07. The third-order valence-corrected chi connectivity index (χ3v) is 3.39. The number of ether oxygens (including phenoxy) is 2. The number of benzene rings is 1. The largest absolute Gasteiger partial charge is 0.497 e. The van der Waals surface area contributed by atoms with Crippen LogP contribution in [0.15, 0.2) is 29.3 Å². The molecular weight excluding hydrogens is 431 g/mol. The first kappa shape index (κ1) is 23.8. The molecule has 2 N–H and O–H groups in total. The molecule has 0 aliphatic carbocycles. The molecule has 0 bridgehead atoms. The third kappa shape index (κ3) is 10.4. The average molecular weight is 464 g/mol. The number of methoxy groups -OCH3 is 1. The van der Waals surface area contributed by atoms with Crippen LogP contribution in [0.25, 0.3) is 0 Å². The molecule has 0 spiro atoms. The smallest absolute Gasteiger partial charge is 0.193 e. The van der Waals surface area contributed by atoms with Crippen LogP contribution in [0.3, 0.4) is 0 Å². The number of hydrogen-bond donors (Lipinski definition) is 2. The Balaban J connectivity index is 0.00000576. The number of hydrogen-bond acceptors (Lipinski definition) is 4. The van der Waals surface area contributed by atoms with Crippen LogP contribution in [0.2, 0.25) is 0 Å². The van der Waals surface area contributed by atoms with Crippen molar-refractivity contribution in [2.24, 2.45) is 4.99 Å². The lowest BCUT2D eigenvalue weighted by Gasteiger charge is -2.24. The van der Waals surface area contributed by atoms with Gasteiger partial charge in [0.25, 0.3) is 0 Å². The summed E-state index contributed by atoms with van der Waals surface area (Å²) in [6, 6.07) is 7.59. The first-order valence-electron chi connectivity index (χ1n) is 8.29. The molecule has 0 atom stereocenters. The third-order valence-electron chi connectivity index (χ3n) is 3.39. The van der Waals surface area contributed by atoms with Crippen molar-refractivity contribution in [2.75, 3.05) is 47.4 Å². The number of nitrogens with one attached hydrogen (secondary N) is 2. The number of halogens is 1. The quantitative estimate of drug-likeness (QED) is 0.268. The van der Waals surface area contributed by atoms with Crippen molar-refractivity contribution in [1.29, 1.82) is 0 Å². The fourth-order valence-corrected chi connectivity index (χ4v) is 2.07. The van der Waals surface area contributed by atoms with Gasteiger partial charge in [-0.25, -0.2) is 0 Å². The topological polar surface area (TPSA) is 58.1 Å². The predicted molar refractivity (Wildman–Crippen MR) is 116 cm³/mol. The zero-order chi connectivity index (χ0) is 18.0. The Kier molecular flexibility index (Phi) is 11.6. The Hall–Kier alpha value is -1.22. The van der Waals surface area contributed by atoms with Crippen molar-refractivity contribution in [2.45, 2.75) is 26.3 Å². The summed E-state index contributed by atoms with van der Waals surface area (Å²) >= 11 is 0. The zero-order valence-corrected chi connectivity index (χ0v) is 18.6. The van der Waals surface area contributed by atoms with Crippen LogP contribution < -0.4 is 20.1 Å². The molecule has 0 saturated carbocycles. The highest BCUT2D eigenvalue weighted by Gasteiger charge is 2.09. The molecule has 0 saturated heterocycles. The van der Waals surface area contributed by atoms with E-state index in [9.17, 15) is 0 Å². The Morgan fingerprint density at radius 2 is 1.72 bits per heavy atom. The lowest BCUT2D eigenvalue weighted by molar-refractivity contribution is 0.281. The predicted octanol–water partition coefficient (Wildman–Crippen LogP) is 2.59. The lowest BCUT2D eigenvalue weighted by atomic mass is 10.1. The molecule has 1 rings (SSSR count). The van der Waals surface area contributed by atoms with Crippen LogP contribution in [0.1, 0.15) is 20.8 Å². The summed E-state index contributed by atoms with van der Waals surface area (Å²) in [6.45, 7) is 9.52. The van der Waals surface area contributed by atoms with E-state index in [0.29, 0.717) is 6.61 Å². The van der Waals surface area contributed by atoms with Crippen LogP contribution in [0, 0.1) is 0 Å². The van der Waals surface area contributed by atoms with Crippen molar-refractivity contribution in [3.05, 3.63) is 24.3 Å². The molecule has 25 heavy (non-hydrogen) atoms. The molecule has 0 radical (unpaired) electrons. The highest BCUT2D eigenvalue weighted by Crippen LogP contribution is 2.16. The van der Waals surface area contributed by atoms with E-state index in [1.807, 2.05) is 31.3 Å². The second kappa shape index (κ2) is 12.2. The van der Waals surface area contributed by atoms with Gasteiger partial charge in [0.1, 0.15) is 18.1 Å². The summed E-state index contributed by atoms with van der Waals surface area (Å²) in [4.78, 5) is 6.36. The molecule has 0 aromatic heterocycles.